The summed E-state index contributed by atoms with van der Waals surface area (Å²) < 4.78 is 13.0. The Morgan fingerprint density at radius 3 is 2.44 bits per heavy atom. The van der Waals surface area contributed by atoms with Crippen molar-refractivity contribution in [1.82, 2.24) is 4.90 Å². The third-order valence-electron chi connectivity index (χ3n) is 3.67. The lowest BCUT2D eigenvalue weighted by atomic mass is 10.2. The summed E-state index contributed by atoms with van der Waals surface area (Å²) in [5.41, 5.74) is 1.61. The molecular weight excluding hydrogens is 355 g/mol. The molecule has 6 heteroatoms. The van der Waals surface area contributed by atoms with Crippen molar-refractivity contribution >= 4 is 46.4 Å². The number of carbonyl (C=O) groups is 1. The topological polar surface area (TPSA) is 32.7 Å². The van der Waals surface area contributed by atoms with Gasteiger partial charge in [-0.05, 0) is 73.0 Å². The van der Waals surface area contributed by atoms with Crippen LogP contribution in [0.1, 0.15) is 12.5 Å². The van der Waals surface area contributed by atoms with Crippen molar-refractivity contribution in [2.24, 2.45) is 4.99 Å². The summed E-state index contributed by atoms with van der Waals surface area (Å²) in [4.78, 5) is 20.6. The van der Waals surface area contributed by atoms with Crippen molar-refractivity contribution < 1.29 is 9.18 Å². The number of thioether (sulfide) groups is 2. The number of benzene rings is 2. The second kappa shape index (κ2) is 7.89. The number of amides is 1. The molecule has 1 fully saturated rings. The van der Waals surface area contributed by atoms with Crippen LogP contribution in [-0.2, 0) is 4.79 Å². The average Bonchev–Trinajstić information content (AvgIpc) is 2.92. The van der Waals surface area contributed by atoms with Gasteiger partial charge >= 0.3 is 0 Å². The highest BCUT2D eigenvalue weighted by molar-refractivity contribution is 8.18. The van der Waals surface area contributed by atoms with Crippen LogP contribution in [-0.4, -0.2) is 28.8 Å². The van der Waals surface area contributed by atoms with Crippen LogP contribution in [0, 0.1) is 5.82 Å². The molecule has 0 aliphatic carbocycles. The number of rotatable bonds is 4. The summed E-state index contributed by atoms with van der Waals surface area (Å²) in [6.07, 6.45) is 3.91. The first-order chi connectivity index (χ1) is 12.1. The van der Waals surface area contributed by atoms with Gasteiger partial charge in [-0.1, -0.05) is 12.1 Å². The van der Waals surface area contributed by atoms with E-state index < -0.39 is 0 Å². The van der Waals surface area contributed by atoms with E-state index in [1.807, 2.05) is 43.5 Å². The number of hydrogen-bond acceptors (Lipinski definition) is 4. The normalized spacial score (nSPS) is 17.7. The van der Waals surface area contributed by atoms with E-state index in [0.717, 1.165) is 5.56 Å². The number of hydrogen-bond donors (Lipinski definition) is 0. The smallest absolute Gasteiger partial charge is 0.266 e. The predicted octanol–water partition coefficient (Wildman–Crippen LogP) is 5.17. The standard InChI is InChI=1S/C19H17FN2OS2/c1-3-22-18(23)17(12-13-4-10-16(24-2)11-5-13)25-19(22)21-15-8-6-14(20)7-9-15/h4-12H,3H2,1-2H3/b17-12+,21-19?. The van der Waals surface area contributed by atoms with Gasteiger partial charge in [0, 0.05) is 11.4 Å². The van der Waals surface area contributed by atoms with Crippen molar-refractivity contribution in [3.8, 4) is 0 Å². The molecule has 1 heterocycles. The predicted molar refractivity (Wildman–Crippen MR) is 105 cm³/mol. The van der Waals surface area contributed by atoms with Crippen LogP contribution in [0.15, 0.2) is 63.3 Å². The fourth-order valence-electron chi connectivity index (χ4n) is 2.35. The Labute approximate surface area is 155 Å². The Balaban J connectivity index is 1.88. The highest BCUT2D eigenvalue weighted by atomic mass is 32.2. The lowest BCUT2D eigenvalue weighted by molar-refractivity contribution is -0.122. The zero-order chi connectivity index (χ0) is 17.8. The van der Waals surface area contributed by atoms with Gasteiger partial charge in [0.2, 0.25) is 0 Å². The van der Waals surface area contributed by atoms with Crippen molar-refractivity contribution in [1.29, 1.82) is 0 Å². The van der Waals surface area contributed by atoms with Gasteiger partial charge in [-0.3, -0.25) is 9.69 Å². The molecule has 1 saturated heterocycles. The number of amidine groups is 1. The van der Waals surface area contributed by atoms with Gasteiger partial charge in [0.05, 0.1) is 10.6 Å². The first-order valence-corrected chi connectivity index (χ1v) is 9.84. The molecule has 0 aromatic heterocycles. The summed E-state index contributed by atoms with van der Waals surface area (Å²) in [7, 11) is 0. The van der Waals surface area contributed by atoms with Crippen LogP contribution in [0.4, 0.5) is 10.1 Å². The number of likely N-dealkylation sites (N-methyl/N-ethyl adjacent to an activating group) is 1. The molecule has 0 saturated carbocycles. The second-order valence-corrected chi connectivity index (χ2v) is 7.19. The minimum Gasteiger partial charge on any atom is -0.287 e. The van der Waals surface area contributed by atoms with Crippen LogP contribution in [0.3, 0.4) is 0 Å². The molecule has 2 aromatic rings. The lowest BCUT2D eigenvalue weighted by Crippen LogP contribution is -2.28. The lowest BCUT2D eigenvalue weighted by Gasteiger charge is -2.11. The van der Waals surface area contributed by atoms with Crippen LogP contribution >= 0.6 is 23.5 Å². The number of carbonyl (C=O) groups excluding carboxylic acids is 1. The molecule has 3 rings (SSSR count). The van der Waals surface area contributed by atoms with Crippen molar-refractivity contribution in [3.05, 3.63) is 64.8 Å². The molecule has 0 radical (unpaired) electrons. The van der Waals surface area contributed by atoms with E-state index >= 15 is 0 Å². The summed E-state index contributed by atoms with van der Waals surface area (Å²) in [6, 6.07) is 14.0. The first kappa shape index (κ1) is 17.8. The van der Waals surface area contributed by atoms with E-state index in [-0.39, 0.29) is 11.7 Å². The van der Waals surface area contributed by atoms with Gasteiger partial charge in [-0.15, -0.1) is 11.8 Å². The number of nitrogens with zero attached hydrogens (tertiary/aromatic N) is 2. The SMILES string of the molecule is CCN1C(=O)/C(=C\c2ccc(SC)cc2)SC1=Nc1ccc(F)cc1. The number of aliphatic imine (C=N–C) groups is 1. The first-order valence-electron chi connectivity index (χ1n) is 7.80. The fraction of sp³-hybridized carbons (Fsp3) is 0.158. The maximum atomic E-state index is 13.0. The van der Waals surface area contributed by atoms with Crippen LogP contribution in [0.5, 0.6) is 0 Å². The third-order valence-corrected chi connectivity index (χ3v) is 5.42. The molecule has 0 spiro atoms. The van der Waals surface area contributed by atoms with Gasteiger partial charge in [-0.2, -0.15) is 0 Å². The molecule has 0 bridgehead atoms. The molecule has 3 nitrogen and oxygen atoms in total. The van der Waals surface area contributed by atoms with E-state index in [4.69, 9.17) is 0 Å². The van der Waals surface area contributed by atoms with Gasteiger partial charge in [0.1, 0.15) is 5.82 Å². The molecule has 2 aromatic carbocycles. The van der Waals surface area contributed by atoms with Gasteiger partial charge in [0.15, 0.2) is 5.17 Å². The minimum atomic E-state index is -0.305. The Kier molecular flexibility index (Phi) is 5.60. The Morgan fingerprint density at radius 1 is 1.16 bits per heavy atom. The molecule has 1 aliphatic rings. The minimum absolute atomic E-state index is 0.0534. The molecule has 1 aliphatic heterocycles. The molecule has 0 unspecified atom stereocenters. The third kappa shape index (κ3) is 4.14. The summed E-state index contributed by atoms with van der Waals surface area (Å²) in [6.45, 7) is 2.45. The van der Waals surface area contributed by atoms with Crippen LogP contribution in [0.25, 0.3) is 6.08 Å². The van der Waals surface area contributed by atoms with Crippen molar-refractivity contribution in [2.75, 3.05) is 12.8 Å². The van der Waals surface area contributed by atoms with Crippen molar-refractivity contribution in [3.63, 3.8) is 0 Å². The van der Waals surface area contributed by atoms with Crippen LogP contribution in [0.2, 0.25) is 0 Å². The highest BCUT2D eigenvalue weighted by Crippen LogP contribution is 2.34. The van der Waals surface area contributed by atoms with E-state index in [1.54, 1.807) is 28.8 Å². The summed E-state index contributed by atoms with van der Waals surface area (Å²) in [5, 5.41) is 0.617. The molecule has 0 atom stereocenters. The zero-order valence-electron chi connectivity index (χ0n) is 13.9. The van der Waals surface area contributed by atoms with E-state index in [2.05, 4.69) is 4.99 Å². The number of halogens is 1. The molecule has 0 N–H and O–H groups in total. The second-order valence-electron chi connectivity index (χ2n) is 5.30. The fourth-order valence-corrected chi connectivity index (χ4v) is 3.82. The Hall–Kier alpha value is -2.05. The van der Waals surface area contributed by atoms with E-state index in [9.17, 15) is 9.18 Å². The maximum Gasteiger partial charge on any atom is 0.266 e. The monoisotopic (exact) mass is 372 g/mol. The van der Waals surface area contributed by atoms with Crippen LogP contribution < -0.4 is 0 Å². The zero-order valence-corrected chi connectivity index (χ0v) is 15.5. The van der Waals surface area contributed by atoms with Gasteiger partial charge < -0.3 is 0 Å². The Bertz CT molecular complexity index is 830. The molecule has 25 heavy (non-hydrogen) atoms. The van der Waals surface area contributed by atoms with Crippen molar-refractivity contribution in [2.45, 2.75) is 11.8 Å². The average molecular weight is 372 g/mol. The van der Waals surface area contributed by atoms with E-state index in [0.29, 0.717) is 22.3 Å². The highest BCUT2D eigenvalue weighted by Gasteiger charge is 2.32. The molecule has 128 valence electrons. The summed E-state index contributed by atoms with van der Waals surface area (Å²) in [5.74, 6) is -0.358. The summed E-state index contributed by atoms with van der Waals surface area (Å²) >= 11 is 3.02. The molecule has 1 amide bonds. The quantitative estimate of drug-likeness (QED) is 0.548. The van der Waals surface area contributed by atoms with E-state index in [1.165, 1.54) is 28.8 Å². The van der Waals surface area contributed by atoms with Gasteiger partial charge in [0.25, 0.3) is 5.91 Å². The largest absolute Gasteiger partial charge is 0.287 e. The Morgan fingerprint density at radius 2 is 1.84 bits per heavy atom. The maximum absolute atomic E-state index is 13.0. The molecular formula is C19H17FN2OS2. The van der Waals surface area contributed by atoms with Gasteiger partial charge in [-0.25, -0.2) is 9.38 Å².